The van der Waals surface area contributed by atoms with Gasteiger partial charge in [-0.25, -0.2) is 0 Å². The summed E-state index contributed by atoms with van der Waals surface area (Å²) >= 11 is 0. The highest BCUT2D eigenvalue weighted by atomic mass is 16.3. The minimum absolute atomic E-state index is 0.434. The second-order valence-corrected chi connectivity index (χ2v) is 5.21. The van der Waals surface area contributed by atoms with Crippen LogP contribution in [0.5, 0.6) is 5.75 Å². The summed E-state index contributed by atoms with van der Waals surface area (Å²) in [6.07, 6.45) is 1.24. The molecule has 0 aliphatic heterocycles. The topological polar surface area (TPSA) is 32.3 Å². The van der Waals surface area contributed by atoms with Crippen LogP contribution in [0.1, 0.15) is 31.4 Å². The molecule has 1 aromatic carbocycles. The number of nitrogens with one attached hydrogen (secondary N) is 1. The summed E-state index contributed by atoms with van der Waals surface area (Å²) in [5, 5.41) is 13.3. The molecule has 1 aliphatic carbocycles. The van der Waals surface area contributed by atoms with Gasteiger partial charge < -0.3 is 10.4 Å². The lowest BCUT2D eigenvalue weighted by molar-refractivity contribution is 0.457. The van der Waals surface area contributed by atoms with Crippen LogP contribution in [0.2, 0.25) is 0 Å². The van der Waals surface area contributed by atoms with Crippen LogP contribution in [-0.4, -0.2) is 11.1 Å². The van der Waals surface area contributed by atoms with Gasteiger partial charge in [0.05, 0.1) is 0 Å². The van der Waals surface area contributed by atoms with Crippen LogP contribution < -0.4 is 5.32 Å². The molecule has 0 radical (unpaired) electrons. The maximum absolute atomic E-state index is 9.82. The monoisotopic (exact) mass is 205 g/mol. The molecule has 0 aromatic heterocycles. The molecule has 1 aromatic rings. The molecule has 0 heterocycles. The minimum atomic E-state index is 0.434. The van der Waals surface area contributed by atoms with Crippen molar-refractivity contribution in [1.82, 2.24) is 5.32 Å². The smallest absolute Gasteiger partial charge is 0.122 e. The van der Waals surface area contributed by atoms with Crippen LogP contribution >= 0.6 is 0 Å². The second kappa shape index (κ2) is 3.53. The SMILES string of the molecule is Cc1cccc(CNC2CC2(C)C)c1O. The van der Waals surface area contributed by atoms with Crippen molar-refractivity contribution in [3.63, 3.8) is 0 Å². The Morgan fingerprint density at radius 2 is 2.13 bits per heavy atom. The Hall–Kier alpha value is -1.02. The van der Waals surface area contributed by atoms with Crippen LogP contribution in [0.15, 0.2) is 18.2 Å². The van der Waals surface area contributed by atoms with Gasteiger partial charge in [0.25, 0.3) is 0 Å². The van der Waals surface area contributed by atoms with Crippen molar-refractivity contribution in [3.8, 4) is 5.75 Å². The number of rotatable bonds is 3. The molecule has 2 rings (SSSR count). The molecule has 1 atom stereocenters. The molecule has 0 saturated heterocycles. The standard InChI is InChI=1S/C13H19NO/c1-9-5-4-6-10(12(9)15)8-14-11-7-13(11,2)3/h4-6,11,14-15H,7-8H2,1-3H3. The first kappa shape index (κ1) is 10.5. The van der Waals surface area contributed by atoms with Gasteiger partial charge in [0.1, 0.15) is 5.75 Å². The molecule has 0 amide bonds. The molecule has 0 bridgehead atoms. The predicted octanol–water partition coefficient (Wildman–Crippen LogP) is 2.59. The van der Waals surface area contributed by atoms with Gasteiger partial charge in [-0.2, -0.15) is 0 Å². The number of hydrogen-bond donors (Lipinski definition) is 2. The van der Waals surface area contributed by atoms with Crippen molar-refractivity contribution in [3.05, 3.63) is 29.3 Å². The zero-order valence-electron chi connectivity index (χ0n) is 9.67. The van der Waals surface area contributed by atoms with Crippen LogP contribution in [0.4, 0.5) is 0 Å². The molecule has 2 heteroatoms. The number of hydrogen-bond acceptors (Lipinski definition) is 2. The van der Waals surface area contributed by atoms with Crippen molar-refractivity contribution < 1.29 is 5.11 Å². The number of para-hydroxylation sites is 1. The molecule has 1 aliphatic rings. The second-order valence-electron chi connectivity index (χ2n) is 5.21. The summed E-state index contributed by atoms with van der Waals surface area (Å²) in [4.78, 5) is 0. The lowest BCUT2D eigenvalue weighted by Crippen LogP contribution is -2.20. The Balaban J connectivity index is 1.97. The third kappa shape index (κ3) is 2.15. The van der Waals surface area contributed by atoms with E-state index >= 15 is 0 Å². The average Bonchev–Trinajstić information content (AvgIpc) is 2.77. The number of phenolic OH excluding ortho intramolecular Hbond substituents is 1. The van der Waals surface area contributed by atoms with Crippen LogP contribution in [0.3, 0.4) is 0 Å². The molecule has 2 N–H and O–H groups in total. The third-order valence-corrected chi connectivity index (χ3v) is 3.37. The van der Waals surface area contributed by atoms with Gasteiger partial charge in [0.15, 0.2) is 0 Å². The molecular weight excluding hydrogens is 186 g/mol. The highest BCUT2D eigenvalue weighted by molar-refractivity contribution is 5.39. The molecule has 2 nitrogen and oxygen atoms in total. The van der Waals surface area contributed by atoms with E-state index < -0.39 is 0 Å². The van der Waals surface area contributed by atoms with Crippen LogP contribution in [0, 0.1) is 12.3 Å². The Labute approximate surface area is 91.3 Å². The summed E-state index contributed by atoms with van der Waals surface area (Å²) in [6.45, 7) is 7.23. The number of benzene rings is 1. The van der Waals surface area contributed by atoms with E-state index in [9.17, 15) is 5.11 Å². The van der Waals surface area contributed by atoms with E-state index in [4.69, 9.17) is 0 Å². The normalized spacial score (nSPS) is 22.7. The maximum atomic E-state index is 9.82. The van der Waals surface area contributed by atoms with E-state index in [1.165, 1.54) is 6.42 Å². The molecule has 82 valence electrons. The van der Waals surface area contributed by atoms with E-state index in [0.29, 0.717) is 17.2 Å². The van der Waals surface area contributed by atoms with Gasteiger partial charge in [-0.3, -0.25) is 0 Å². The average molecular weight is 205 g/mol. The highest BCUT2D eigenvalue weighted by Gasteiger charge is 2.45. The summed E-state index contributed by atoms with van der Waals surface area (Å²) in [5.74, 6) is 0.434. The van der Waals surface area contributed by atoms with Gasteiger partial charge in [0.2, 0.25) is 0 Å². The Bertz CT molecular complexity index is 371. The molecule has 1 fully saturated rings. The maximum Gasteiger partial charge on any atom is 0.122 e. The van der Waals surface area contributed by atoms with Crippen molar-refractivity contribution in [2.45, 2.75) is 39.8 Å². The van der Waals surface area contributed by atoms with Gasteiger partial charge in [-0.05, 0) is 24.3 Å². The minimum Gasteiger partial charge on any atom is -0.507 e. The van der Waals surface area contributed by atoms with Crippen LogP contribution in [0.25, 0.3) is 0 Å². The predicted molar refractivity (Wildman–Crippen MR) is 61.9 cm³/mol. The van der Waals surface area contributed by atoms with Crippen molar-refractivity contribution >= 4 is 0 Å². The van der Waals surface area contributed by atoms with E-state index in [1.807, 2.05) is 25.1 Å². The number of phenols is 1. The summed E-state index contributed by atoms with van der Waals surface area (Å²) in [6, 6.07) is 6.51. The Morgan fingerprint density at radius 1 is 1.47 bits per heavy atom. The zero-order chi connectivity index (χ0) is 11.1. The quantitative estimate of drug-likeness (QED) is 0.795. The first-order chi connectivity index (χ1) is 7.00. The van der Waals surface area contributed by atoms with Gasteiger partial charge in [-0.1, -0.05) is 32.0 Å². The Morgan fingerprint density at radius 3 is 2.73 bits per heavy atom. The fourth-order valence-electron chi connectivity index (χ4n) is 1.91. The van der Waals surface area contributed by atoms with E-state index in [0.717, 1.165) is 17.7 Å². The van der Waals surface area contributed by atoms with Gasteiger partial charge in [-0.15, -0.1) is 0 Å². The van der Waals surface area contributed by atoms with Gasteiger partial charge >= 0.3 is 0 Å². The highest BCUT2D eigenvalue weighted by Crippen LogP contribution is 2.44. The summed E-state index contributed by atoms with van der Waals surface area (Å²) in [5.41, 5.74) is 2.39. The first-order valence-corrected chi connectivity index (χ1v) is 5.51. The molecular formula is C13H19NO. The molecule has 0 spiro atoms. The largest absolute Gasteiger partial charge is 0.507 e. The third-order valence-electron chi connectivity index (χ3n) is 3.37. The summed E-state index contributed by atoms with van der Waals surface area (Å²) < 4.78 is 0. The first-order valence-electron chi connectivity index (χ1n) is 5.51. The zero-order valence-corrected chi connectivity index (χ0v) is 9.67. The number of aryl methyl sites for hydroxylation is 1. The number of aromatic hydroxyl groups is 1. The van der Waals surface area contributed by atoms with E-state index in [-0.39, 0.29) is 0 Å². The lowest BCUT2D eigenvalue weighted by Gasteiger charge is -2.09. The van der Waals surface area contributed by atoms with Crippen LogP contribution in [-0.2, 0) is 6.54 Å². The summed E-state index contributed by atoms with van der Waals surface area (Å²) in [7, 11) is 0. The molecule has 1 saturated carbocycles. The lowest BCUT2D eigenvalue weighted by atomic mass is 10.1. The van der Waals surface area contributed by atoms with Gasteiger partial charge in [0, 0.05) is 18.2 Å². The van der Waals surface area contributed by atoms with Crippen molar-refractivity contribution in [2.75, 3.05) is 0 Å². The molecule has 15 heavy (non-hydrogen) atoms. The van der Waals surface area contributed by atoms with Crippen molar-refractivity contribution in [2.24, 2.45) is 5.41 Å². The van der Waals surface area contributed by atoms with E-state index in [1.54, 1.807) is 0 Å². The molecule has 1 unspecified atom stereocenters. The fourth-order valence-corrected chi connectivity index (χ4v) is 1.91. The Kier molecular flexibility index (Phi) is 2.47. The fraction of sp³-hybridized carbons (Fsp3) is 0.538. The van der Waals surface area contributed by atoms with E-state index in [2.05, 4.69) is 19.2 Å². The van der Waals surface area contributed by atoms with Crippen molar-refractivity contribution in [1.29, 1.82) is 0 Å².